The Morgan fingerprint density at radius 2 is 1.75 bits per heavy atom. The van der Waals surface area contributed by atoms with E-state index in [4.69, 9.17) is 38.0 Å². The number of rotatable bonds is 3. The Morgan fingerprint density at radius 1 is 1.17 bits per heavy atom. The van der Waals surface area contributed by atoms with Gasteiger partial charge in [0.2, 0.25) is 0 Å². The SMILES string of the molecule is Cl[Si](Cl)(Cl)CCN1CCOCC1. The molecule has 1 saturated heterocycles. The predicted molar refractivity (Wildman–Crippen MR) is 55.4 cm³/mol. The molecule has 0 atom stereocenters. The molecular weight excluding hydrogens is 237 g/mol. The first-order chi connectivity index (χ1) is 5.58. The van der Waals surface area contributed by atoms with E-state index in [1.165, 1.54) is 0 Å². The highest BCUT2D eigenvalue weighted by Crippen LogP contribution is 2.25. The molecule has 0 unspecified atom stereocenters. The van der Waals surface area contributed by atoms with Crippen molar-refractivity contribution < 1.29 is 4.74 Å². The van der Waals surface area contributed by atoms with E-state index in [0.717, 1.165) is 38.9 Å². The zero-order valence-corrected chi connectivity index (χ0v) is 10.00. The van der Waals surface area contributed by atoms with Crippen LogP contribution >= 0.6 is 33.2 Å². The van der Waals surface area contributed by atoms with Crippen LogP contribution in [-0.4, -0.2) is 43.8 Å². The average Bonchev–Trinajstić information content (AvgIpc) is 2.02. The van der Waals surface area contributed by atoms with E-state index in [0.29, 0.717) is 0 Å². The third-order valence-electron chi connectivity index (χ3n) is 1.82. The summed E-state index contributed by atoms with van der Waals surface area (Å²) in [6, 6.07) is -1.69. The van der Waals surface area contributed by atoms with Gasteiger partial charge in [-0.3, -0.25) is 4.90 Å². The van der Waals surface area contributed by atoms with Crippen molar-refractivity contribution >= 4 is 39.2 Å². The molecule has 12 heavy (non-hydrogen) atoms. The fourth-order valence-corrected chi connectivity index (χ4v) is 2.44. The molecule has 1 rings (SSSR count). The van der Waals surface area contributed by atoms with E-state index in [1.54, 1.807) is 0 Å². The molecule has 6 heteroatoms. The van der Waals surface area contributed by atoms with E-state index in [9.17, 15) is 0 Å². The second-order valence-corrected chi connectivity index (χ2v) is 12.1. The fourth-order valence-electron chi connectivity index (χ4n) is 1.11. The molecule has 1 aliphatic rings. The van der Waals surface area contributed by atoms with Gasteiger partial charge >= 0.3 is 6.00 Å². The van der Waals surface area contributed by atoms with Crippen LogP contribution in [0.2, 0.25) is 6.04 Å². The van der Waals surface area contributed by atoms with Crippen LogP contribution in [-0.2, 0) is 4.74 Å². The fraction of sp³-hybridized carbons (Fsp3) is 1.00. The Balaban J connectivity index is 2.13. The summed E-state index contributed by atoms with van der Waals surface area (Å²) in [7, 11) is 0. The van der Waals surface area contributed by atoms with Crippen molar-refractivity contribution in [1.29, 1.82) is 0 Å². The van der Waals surface area contributed by atoms with Gasteiger partial charge in [-0.1, -0.05) is 0 Å². The highest BCUT2D eigenvalue weighted by Gasteiger charge is 2.25. The van der Waals surface area contributed by atoms with E-state index in [2.05, 4.69) is 4.90 Å². The molecule has 1 aliphatic heterocycles. The highest BCUT2D eigenvalue weighted by atomic mass is 35.8. The van der Waals surface area contributed by atoms with Crippen LogP contribution in [0.5, 0.6) is 0 Å². The van der Waals surface area contributed by atoms with E-state index in [-0.39, 0.29) is 0 Å². The Morgan fingerprint density at radius 3 is 2.25 bits per heavy atom. The summed E-state index contributed by atoms with van der Waals surface area (Å²) < 4.78 is 5.20. The lowest BCUT2D eigenvalue weighted by atomic mass is 10.4. The van der Waals surface area contributed by atoms with Crippen LogP contribution in [0.25, 0.3) is 0 Å². The van der Waals surface area contributed by atoms with Gasteiger partial charge < -0.3 is 4.74 Å². The second-order valence-electron chi connectivity index (χ2n) is 2.82. The van der Waals surface area contributed by atoms with Crippen LogP contribution in [0, 0.1) is 0 Å². The lowest BCUT2D eigenvalue weighted by Crippen LogP contribution is -2.38. The van der Waals surface area contributed by atoms with Crippen molar-refractivity contribution in [1.82, 2.24) is 4.90 Å². The Bertz CT molecular complexity index is 135. The second kappa shape index (κ2) is 5.03. The molecule has 0 aromatic heterocycles. The van der Waals surface area contributed by atoms with Gasteiger partial charge in [0.25, 0.3) is 0 Å². The maximum Gasteiger partial charge on any atom is 0.342 e. The third kappa shape index (κ3) is 4.89. The molecule has 1 fully saturated rings. The summed E-state index contributed by atoms with van der Waals surface area (Å²) in [5.74, 6) is 0. The largest absolute Gasteiger partial charge is 0.379 e. The topological polar surface area (TPSA) is 12.5 Å². The number of hydrogen-bond donors (Lipinski definition) is 0. The highest BCUT2D eigenvalue weighted by molar-refractivity contribution is 7.64. The van der Waals surface area contributed by atoms with E-state index in [1.807, 2.05) is 0 Å². The molecule has 2 nitrogen and oxygen atoms in total. The lowest BCUT2D eigenvalue weighted by Gasteiger charge is -2.27. The van der Waals surface area contributed by atoms with Crippen molar-refractivity contribution in [2.45, 2.75) is 6.04 Å². The van der Waals surface area contributed by atoms with Crippen LogP contribution < -0.4 is 0 Å². The Labute approximate surface area is 87.8 Å². The van der Waals surface area contributed by atoms with Crippen molar-refractivity contribution in [2.24, 2.45) is 0 Å². The molecule has 0 aromatic rings. The molecule has 0 aliphatic carbocycles. The zero-order chi connectivity index (χ0) is 9.03. The molecule has 0 aromatic carbocycles. The normalized spacial score (nSPS) is 21.2. The Hall–Kier alpha value is 1.01. The van der Waals surface area contributed by atoms with Gasteiger partial charge in [-0.25, -0.2) is 0 Å². The van der Waals surface area contributed by atoms with Gasteiger partial charge in [0, 0.05) is 13.1 Å². The standard InChI is InChI=1S/C6H12Cl3NOSi/c7-12(8,9)6-3-10-1-4-11-5-2-10/h1-6H2. The van der Waals surface area contributed by atoms with Gasteiger partial charge in [0.05, 0.1) is 13.2 Å². The monoisotopic (exact) mass is 247 g/mol. The summed E-state index contributed by atoms with van der Waals surface area (Å²) in [6.45, 7) is 4.44. The minimum atomic E-state index is -2.41. The van der Waals surface area contributed by atoms with Crippen molar-refractivity contribution in [3.8, 4) is 0 Å². The van der Waals surface area contributed by atoms with Gasteiger partial charge in [-0.05, 0) is 12.6 Å². The third-order valence-corrected chi connectivity index (χ3v) is 4.31. The number of morpholine rings is 1. The number of halogens is 3. The number of ether oxygens (including phenoxy) is 1. The Kier molecular flexibility index (Phi) is 4.65. The van der Waals surface area contributed by atoms with E-state index < -0.39 is 6.00 Å². The molecule has 0 saturated carbocycles. The number of hydrogen-bond acceptors (Lipinski definition) is 2. The minimum Gasteiger partial charge on any atom is -0.379 e. The maximum absolute atomic E-state index is 5.76. The van der Waals surface area contributed by atoms with Crippen LogP contribution in [0.15, 0.2) is 0 Å². The first-order valence-corrected chi connectivity index (χ1v) is 9.19. The molecule has 0 N–H and O–H groups in total. The molecule has 0 radical (unpaired) electrons. The van der Waals surface area contributed by atoms with Crippen molar-refractivity contribution in [3.05, 3.63) is 0 Å². The molecule has 0 bridgehead atoms. The average molecular weight is 249 g/mol. The lowest BCUT2D eigenvalue weighted by molar-refractivity contribution is 0.0405. The molecule has 1 heterocycles. The van der Waals surface area contributed by atoms with Crippen molar-refractivity contribution in [3.63, 3.8) is 0 Å². The molecule has 0 spiro atoms. The van der Waals surface area contributed by atoms with Crippen molar-refractivity contribution in [2.75, 3.05) is 32.8 Å². The molecule has 0 amide bonds. The molecule has 72 valence electrons. The van der Waals surface area contributed by atoms with Crippen LogP contribution in [0.3, 0.4) is 0 Å². The van der Waals surface area contributed by atoms with E-state index >= 15 is 0 Å². The first kappa shape index (κ1) is 11.1. The zero-order valence-electron chi connectivity index (χ0n) is 6.73. The summed E-state index contributed by atoms with van der Waals surface area (Å²) in [5, 5.41) is 0. The number of nitrogens with zero attached hydrogens (tertiary/aromatic N) is 1. The first-order valence-electron chi connectivity index (χ1n) is 3.95. The predicted octanol–water partition coefficient (Wildman–Crippen LogP) is 1.97. The van der Waals surface area contributed by atoms with Gasteiger partial charge in [0.1, 0.15) is 0 Å². The summed E-state index contributed by atoms with van der Waals surface area (Å²) >= 11 is 17.3. The van der Waals surface area contributed by atoms with Gasteiger partial charge in [0.15, 0.2) is 0 Å². The van der Waals surface area contributed by atoms with Gasteiger partial charge in [-0.15, -0.1) is 33.2 Å². The van der Waals surface area contributed by atoms with Crippen LogP contribution in [0.4, 0.5) is 0 Å². The van der Waals surface area contributed by atoms with Gasteiger partial charge in [-0.2, -0.15) is 0 Å². The maximum atomic E-state index is 5.76. The quantitative estimate of drug-likeness (QED) is 0.559. The van der Waals surface area contributed by atoms with Crippen LogP contribution in [0.1, 0.15) is 0 Å². The molecular formula is C6H12Cl3NOSi. The summed E-state index contributed by atoms with van der Waals surface area (Å²) in [4.78, 5) is 2.28. The summed E-state index contributed by atoms with van der Waals surface area (Å²) in [5.41, 5.74) is 0. The minimum absolute atomic E-state index is 0.720. The smallest absolute Gasteiger partial charge is 0.342 e. The summed E-state index contributed by atoms with van der Waals surface area (Å²) in [6.07, 6.45) is 0.